The van der Waals surface area contributed by atoms with Crippen molar-refractivity contribution in [2.75, 3.05) is 26.7 Å². The maximum absolute atomic E-state index is 14.3. The number of benzene rings is 2. The summed E-state index contributed by atoms with van der Waals surface area (Å²) in [6.45, 7) is 3.95. The fourth-order valence-corrected chi connectivity index (χ4v) is 2.39. The van der Waals surface area contributed by atoms with Crippen molar-refractivity contribution in [3.05, 3.63) is 53.6 Å². The van der Waals surface area contributed by atoms with Gasteiger partial charge in [-0.2, -0.15) is 0 Å². The average molecular weight is 348 g/mol. The van der Waals surface area contributed by atoms with Crippen molar-refractivity contribution in [3.8, 4) is 16.9 Å². The molecular weight excluding hydrogens is 326 g/mol. The van der Waals surface area contributed by atoms with Crippen LogP contribution < -0.4 is 15.4 Å². The number of methoxy groups -OCH3 is 1. The Balaban J connectivity index is 2.08. The number of carbonyl (C=O) groups excluding carboxylic acids is 1. The van der Waals surface area contributed by atoms with Gasteiger partial charge in [-0.25, -0.2) is 8.78 Å². The molecule has 4 nitrogen and oxygen atoms in total. The highest BCUT2D eigenvalue weighted by atomic mass is 19.1. The van der Waals surface area contributed by atoms with Gasteiger partial charge < -0.3 is 15.4 Å². The number of hydrogen-bond acceptors (Lipinski definition) is 3. The van der Waals surface area contributed by atoms with Gasteiger partial charge in [0.15, 0.2) is 0 Å². The van der Waals surface area contributed by atoms with E-state index in [1.807, 2.05) is 6.92 Å². The van der Waals surface area contributed by atoms with E-state index >= 15 is 0 Å². The zero-order valence-electron chi connectivity index (χ0n) is 14.4. The van der Waals surface area contributed by atoms with Crippen molar-refractivity contribution in [2.24, 2.45) is 0 Å². The summed E-state index contributed by atoms with van der Waals surface area (Å²) >= 11 is 0. The minimum atomic E-state index is -0.688. The maximum Gasteiger partial charge on any atom is 0.254 e. The van der Waals surface area contributed by atoms with Crippen LogP contribution in [0.3, 0.4) is 0 Å². The van der Waals surface area contributed by atoms with E-state index < -0.39 is 17.5 Å². The van der Waals surface area contributed by atoms with Gasteiger partial charge in [0.2, 0.25) is 0 Å². The first-order valence-corrected chi connectivity index (χ1v) is 8.19. The minimum absolute atomic E-state index is 0.0619. The van der Waals surface area contributed by atoms with Gasteiger partial charge in [-0.05, 0) is 42.8 Å². The summed E-state index contributed by atoms with van der Waals surface area (Å²) in [6, 6.07) is 8.40. The summed E-state index contributed by atoms with van der Waals surface area (Å²) in [5.74, 6) is -1.31. The molecule has 2 rings (SSSR count). The molecule has 0 aromatic heterocycles. The Kier molecular flexibility index (Phi) is 6.89. The topological polar surface area (TPSA) is 50.4 Å². The molecule has 0 unspecified atom stereocenters. The minimum Gasteiger partial charge on any atom is -0.497 e. The van der Waals surface area contributed by atoms with Gasteiger partial charge in [0, 0.05) is 24.7 Å². The molecule has 6 heteroatoms. The van der Waals surface area contributed by atoms with Gasteiger partial charge in [0.25, 0.3) is 5.91 Å². The maximum atomic E-state index is 14.3. The third-order valence-corrected chi connectivity index (χ3v) is 3.72. The molecule has 1 amide bonds. The summed E-state index contributed by atoms with van der Waals surface area (Å²) in [4.78, 5) is 12.0. The molecule has 0 spiro atoms. The molecule has 0 fully saturated rings. The first-order chi connectivity index (χ1) is 12.1. The monoisotopic (exact) mass is 348 g/mol. The first-order valence-electron chi connectivity index (χ1n) is 8.19. The van der Waals surface area contributed by atoms with Crippen LogP contribution in [-0.2, 0) is 0 Å². The fourth-order valence-electron chi connectivity index (χ4n) is 2.39. The lowest BCUT2D eigenvalue weighted by Crippen LogP contribution is -2.32. The predicted octanol–water partition coefficient (Wildman–Crippen LogP) is 3.37. The van der Waals surface area contributed by atoms with Crippen molar-refractivity contribution in [3.63, 3.8) is 0 Å². The normalized spacial score (nSPS) is 10.6. The Morgan fingerprint density at radius 1 is 1.04 bits per heavy atom. The molecular formula is C19H22F2N2O2. The van der Waals surface area contributed by atoms with Crippen molar-refractivity contribution < 1.29 is 18.3 Å². The van der Waals surface area contributed by atoms with Crippen molar-refractivity contribution in [1.82, 2.24) is 10.6 Å². The lowest BCUT2D eigenvalue weighted by Gasteiger charge is -2.09. The van der Waals surface area contributed by atoms with Crippen molar-refractivity contribution in [2.45, 2.75) is 13.3 Å². The molecule has 0 saturated carbocycles. The Morgan fingerprint density at radius 3 is 2.48 bits per heavy atom. The van der Waals surface area contributed by atoms with Crippen LogP contribution >= 0.6 is 0 Å². The molecule has 0 aliphatic heterocycles. The quantitative estimate of drug-likeness (QED) is 0.719. The molecule has 0 heterocycles. The average Bonchev–Trinajstić information content (AvgIpc) is 2.61. The second-order valence-corrected chi connectivity index (χ2v) is 5.55. The molecule has 2 aromatic carbocycles. The van der Waals surface area contributed by atoms with Crippen LogP contribution in [0.1, 0.15) is 23.7 Å². The van der Waals surface area contributed by atoms with E-state index in [0.717, 1.165) is 19.0 Å². The van der Waals surface area contributed by atoms with Crippen LogP contribution in [0, 0.1) is 11.6 Å². The van der Waals surface area contributed by atoms with Crippen LogP contribution in [0.5, 0.6) is 5.75 Å². The highest BCUT2D eigenvalue weighted by molar-refractivity contribution is 5.95. The van der Waals surface area contributed by atoms with Crippen molar-refractivity contribution in [1.29, 1.82) is 0 Å². The van der Waals surface area contributed by atoms with Crippen LogP contribution in [-0.4, -0.2) is 32.7 Å². The van der Waals surface area contributed by atoms with Gasteiger partial charge in [0.1, 0.15) is 17.4 Å². The van der Waals surface area contributed by atoms with Crippen molar-refractivity contribution >= 4 is 5.91 Å². The summed E-state index contributed by atoms with van der Waals surface area (Å²) in [6.07, 6.45) is 1.01. The molecule has 134 valence electrons. The summed E-state index contributed by atoms with van der Waals surface area (Å²) in [5.41, 5.74) is 0.544. The second kappa shape index (κ2) is 9.13. The van der Waals surface area contributed by atoms with Crippen LogP contribution in [0.25, 0.3) is 11.1 Å². The molecule has 0 bridgehead atoms. The number of amides is 1. The number of halogens is 2. The fraction of sp³-hybridized carbons (Fsp3) is 0.316. The largest absolute Gasteiger partial charge is 0.497 e. The number of rotatable bonds is 8. The Labute approximate surface area is 146 Å². The van der Waals surface area contributed by atoms with E-state index in [4.69, 9.17) is 4.74 Å². The Bertz CT molecular complexity index is 735. The summed E-state index contributed by atoms with van der Waals surface area (Å²) in [7, 11) is 1.44. The predicted molar refractivity (Wildman–Crippen MR) is 93.8 cm³/mol. The molecule has 2 N–H and O–H groups in total. The van der Waals surface area contributed by atoms with Gasteiger partial charge in [-0.3, -0.25) is 4.79 Å². The lowest BCUT2D eigenvalue weighted by atomic mass is 10.0. The lowest BCUT2D eigenvalue weighted by molar-refractivity contribution is 0.0950. The third kappa shape index (κ3) is 5.00. The van der Waals surface area contributed by atoms with E-state index in [9.17, 15) is 13.6 Å². The molecule has 0 radical (unpaired) electrons. The molecule has 0 aliphatic rings. The molecule has 0 atom stereocenters. The van der Waals surface area contributed by atoms with Crippen LogP contribution in [0.15, 0.2) is 36.4 Å². The summed E-state index contributed by atoms with van der Waals surface area (Å²) in [5, 5.41) is 5.79. The van der Waals surface area contributed by atoms with Gasteiger partial charge in [-0.1, -0.05) is 13.0 Å². The highest BCUT2D eigenvalue weighted by Gasteiger charge is 2.14. The number of nitrogens with one attached hydrogen (secondary N) is 2. The van der Waals surface area contributed by atoms with Crippen LogP contribution in [0.2, 0.25) is 0 Å². The zero-order valence-corrected chi connectivity index (χ0v) is 14.4. The first kappa shape index (κ1) is 18.9. The molecule has 25 heavy (non-hydrogen) atoms. The number of carbonyl (C=O) groups is 1. The standard InChI is InChI=1S/C19H22F2N2O2/c1-3-8-22-9-10-23-19(24)16-6-4-13(11-17(16)20)15-7-5-14(25-2)12-18(15)21/h4-7,11-12,22H,3,8-10H2,1-2H3,(H,23,24). The Morgan fingerprint density at radius 2 is 1.84 bits per heavy atom. The summed E-state index contributed by atoms with van der Waals surface area (Å²) < 4.78 is 33.3. The molecule has 0 saturated heterocycles. The Hall–Kier alpha value is -2.47. The van der Waals surface area contributed by atoms with E-state index in [-0.39, 0.29) is 11.1 Å². The smallest absolute Gasteiger partial charge is 0.254 e. The number of ether oxygens (including phenoxy) is 1. The van der Waals surface area contributed by atoms with E-state index in [1.165, 1.54) is 31.4 Å². The molecule has 0 aliphatic carbocycles. The van der Waals surface area contributed by atoms with E-state index in [1.54, 1.807) is 6.07 Å². The van der Waals surface area contributed by atoms with Crippen LogP contribution in [0.4, 0.5) is 8.78 Å². The van der Waals surface area contributed by atoms with Gasteiger partial charge in [0.05, 0.1) is 12.7 Å². The van der Waals surface area contributed by atoms with Gasteiger partial charge >= 0.3 is 0 Å². The third-order valence-electron chi connectivity index (χ3n) is 3.72. The molecule has 2 aromatic rings. The second-order valence-electron chi connectivity index (χ2n) is 5.55. The van der Waals surface area contributed by atoms with E-state index in [2.05, 4.69) is 10.6 Å². The van der Waals surface area contributed by atoms with E-state index in [0.29, 0.717) is 24.4 Å². The van der Waals surface area contributed by atoms with Gasteiger partial charge in [-0.15, -0.1) is 0 Å². The highest BCUT2D eigenvalue weighted by Crippen LogP contribution is 2.27. The zero-order chi connectivity index (χ0) is 18.2. The SMILES string of the molecule is CCCNCCNC(=O)c1ccc(-c2ccc(OC)cc2F)cc1F. The number of hydrogen-bond donors (Lipinski definition) is 2.